The SMILES string of the molecule is CN[C@@H](c1ccccc1)[C@@H]1c2ccccc2C=C[C@]1(C)P(=O)(O)c1ccc2ccccc2c1. The fourth-order valence-electron chi connectivity index (χ4n) is 5.26. The summed E-state index contributed by atoms with van der Waals surface area (Å²) in [5, 5.41) is 4.98. The van der Waals surface area contributed by atoms with Crippen molar-refractivity contribution in [3.63, 3.8) is 0 Å². The summed E-state index contributed by atoms with van der Waals surface area (Å²) in [6, 6.07) is 31.9. The molecule has 0 saturated heterocycles. The highest BCUT2D eigenvalue weighted by atomic mass is 31.2. The predicted molar refractivity (Wildman–Crippen MR) is 138 cm³/mol. The molecule has 4 aromatic rings. The molecular formula is C29H28NO2P. The maximum absolute atomic E-state index is 14.5. The van der Waals surface area contributed by atoms with Crippen molar-refractivity contribution in [2.45, 2.75) is 24.0 Å². The number of hydrogen-bond acceptors (Lipinski definition) is 2. The molecular weight excluding hydrogens is 425 g/mol. The Balaban J connectivity index is 1.71. The summed E-state index contributed by atoms with van der Waals surface area (Å²) in [7, 11) is -1.93. The summed E-state index contributed by atoms with van der Waals surface area (Å²) in [6.45, 7) is 1.94. The van der Waals surface area contributed by atoms with E-state index in [0.717, 1.165) is 27.5 Å². The van der Waals surface area contributed by atoms with Gasteiger partial charge in [0.2, 0.25) is 7.37 Å². The van der Waals surface area contributed by atoms with Crippen LogP contribution < -0.4 is 10.6 Å². The largest absolute Gasteiger partial charge is 0.340 e. The fraction of sp³-hybridized carbons (Fsp3) is 0.172. The van der Waals surface area contributed by atoms with E-state index >= 15 is 0 Å². The van der Waals surface area contributed by atoms with Crippen molar-refractivity contribution in [1.29, 1.82) is 0 Å². The van der Waals surface area contributed by atoms with Crippen LogP contribution in [0.4, 0.5) is 0 Å². The van der Waals surface area contributed by atoms with E-state index < -0.39 is 12.5 Å². The Morgan fingerprint density at radius 2 is 1.55 bits per heavy atom. The molecule has 0 saturated carbocycles. The lowest BCUT2D eigenvalue weighted by Crippen LogP contribution is -2.43. The highest BCUT2D eigenvalue weighted by Gasteiger charge is 2.53. The average molecular weight is 454 g/mol. The van der Waals surface area contributed by atoms with Gasteiger partial charge in [-0.05, 0) is 53.6 Å². The number of benzene rings is 4. The minimum absolute atomic E-state index is 0.136. The normalized spacial score (nSPS) is 22.5. The summed E-state index contributed by atoms with van der Waals surface area (Å²) in [4.78, 5) is 11.9. The zero-order chi connectivity index (χ0) is 23.1. The van der Waals surface area contributed by atoms with Gasteiger partial charge in [0, 0.05) is 17.3 Å². The molecule has 0 bridgehead atoms. The van der Waals surface area contributed by atoms with Crippen molar-refractivity contribution in [3.05, 3.63) is 120 Å². The van der Waals surface area contributed by atoms with Crippen molar-refractivity contribution in [2.75, 3.05) is 7.05 Å². The van der Waals surface area contributed by atoms with E-state index in [-0.39, 0.29) is 12.0 Å². The van der Waals surface area contributed by atoms with Crippen LogP contribution in [0.2, 0.25) is 0 Å². The van der Waals surface area contributed by atoms with Gasteiger partial charge in [0.05, 0.1) is 5.16 Å². The third kappa shape index (κ3) is 3.57. The van der Waals surface area contributed by atoms with Gasteiger partial charge in [-0.3, -0.25) is 4.57 Å². The molecule has 0 radical (unpaired) electrons. The van der Waals surface area contributed by atoms with Crippen LogP contribution in [0.25, 0.3) is 16.8 Å². The van der Waals surface area contributed by atoms with Crippen LogP contribution in [-0.2, 0) is 4.57 Å². The van der Waals surface area contributed by atoms with Gasteiger partial charge in [0.15, 0.2) is 0 Å². The maximum Gasteiger partial charge on any atom is 0.239 e. The minimum Gasteiger partial charge on any atom is -0.340 e. The molecule has 0 spiro atoms. The molecule has 0 amide bonds. The Morgan fingerprint density at radius 1 is 0.879 bits per heavy atom. The number of allylic oxidation sites excluding steroid dienone is 1. The standard InChI is InChI=1S/C29H28NO2P/c1-29(33(31,32)25-17-16-21-10-6-7-14-24(21)20-25)19-18-22-11-8-9-15-26(22)27(29)28(30-2)23-12-4-3-5-13-23/h3-20,27-28,30H,1-2H3,(H,31,32)/t27-,28-,29-/m0/s1. The van der Waals surface area contributed by atoms with E-state index in [1.54, 1.807) is 0 Å². The molecule has 0 heterocycles. The van der Waals surface area contributed by atoms with Gasteiger partial charge >= 0.3 is 0 Å². The van der Waals surface area contributed by atoms with Crippen LogP contribution in [-0.4, -0.2) is 17.1 Å². The molecule has 5 rings (SSSR count). The van der Waals surface area contributed by atoms with E-state index in [9.17, 15) is 9.46 Å². The van der Waals surface area contributed by atoms with Crippen LogP contribution >= 0.6 is 7.37 Å². The summed E-state index contributed by atoms with van der Waals surface area (Å²) in [6.07, 6.45) is 3.97. The Labute approximate surface area is 195 Å². The molecule has 1 unspecified atom stereocenters. The summed E-state index contributed by atoms with van der Waals surface area (Å²) in [5.74, 6) is -0.242. The van der Waals surface area contributed by atoms with Crippen molar-refractivity contribution in [2.24, 2.45) is 0 Å². The van der Waals surface area contributed by atoms with Crippen molar-refractivity contribution < 1.29 is 9.46 Å². The predicted octanol–water partition coefficient (Wildman–Crippen LogP) is 6.27. The number of nitrogens with one attached hydrogen (secondary N) is 1. The van der Waals surface area contributed by atoms with Gasteiger partial charge < -0.3 is 10.2 Å². The first-order valence-electron chi connectivity index (χ1n) is 11.3. The highest BCUT2D eigenvalue weighted by molar-refractivity contribution is 7.67. The first-order valence-corrected chi connectivity index (χ1v) is 12.9. The Bertz CT molecular complexity index is 1380. The molecule has 33 heavy (non-hydrogen) atoms. The zero-order valence-corrected chi connectivity index (χ0v) is 19.7. The second-order valence-electron chi connectivity index (χ2n) is 8.95. The first-order chi connectivity index (χ1) is 16.0. The third-order valence-corrected chi connectivity index (χ3v) is 9.81. The van der Waals surface area contributed by atoms with Gasteiger partial charge in [0.1, 0.15) is 0 Å². The maximum atomic E-state index is 14.5. The van der Waals surface area contributed by atoms with E-state index in [0.29, 0.717) is 5.30 Å². The number of likely N-dealkylation sites (N-methyl/N-ethyl adjacent to an activating group) is 1. The third-order valence-electron chi connectivity index (χ3n) is 7.10. The average Bonchev–Trinajstić information content (AvgIpc) is 2.86. The molecule has 2 N–H and O–H groups in total. The number of fused-ring (bicyclic) bond motifs is 2. The topological polar surface area (TPSA) is 49.3 Å². The Morgan fingerprint density at radius 3 is 2.30 bits per heavy atom. The quantitative estimate of drug-likeness (QED) is 0.351. The summed E-state index contributed by atoms with van der Waals surface area (Å²) >= 11 is 0. The second kappa shape index (κ2) is 8.43. The minimum atomic E-state index is -3.86. The molecule has 1 aliphatic rings. The summed E-state index contributed by atoms with van der Waals surface area (Å²) < 4.78 is 14.5. The molecule has 4 heteroatoms. The monoisotopic (exact) mass is 453 g/mol. The van der Waals surface area contributed by atoms with Gasteiger partial charge in [-0.2, -0.15) is 0 Å². The van der Waals surface area contributed by atoms with Crippen molar-refractivity contribution >= 4 is 29.5 Å². The van der Waals surface area contributed by atoms with E-state index in [2.05, 4.69) is 29.6 Å². The molecule has 0 aromatic heterocycles. The Kier molecular flexibility index (Phi) is 5.58. The molecule has 0 fully saturated rings. The van der Waals surface area contributed by atoms with E-state index in [1.165, 1.54) is 0 Å². The van der Waals surface area contributed by atoms with Crippen LogP contribution in [0, 0.1) is 0 Å². The van der Waals surface area contributed by atoms with Crippen LogP contribution in [0.3, 0.4) is 0 Å². The second-order valence-corrected chi connectivity index (χ2v) is 11.6. The molecule has 4 atom stereocenters. The van der Waals surface area contributed by atoms with Crippen molar-refractivity contribution in [1.82, 2.24) is 5.32 Å². The lowest BCUT2D eigenvalue weighted by atomic mass is 9.73. The number of hydrogen-bond donors (Lipinski definition) is 2. The molecule has 4 aromatic carbocycles. The van der Waals surface area contributed by atoms with Crippen molar-refractivity contribution in [3.8, 4) is 0 Å². The molecule has 1 aliphatic carbocycles. The Hall–Kier alpha value is -2.97. The van der Waals surface area contributed by atoms with E-state index in [4.69, 9.17) is 0 Å². The highest BCUT2D eigenvalue weighted by Crippen LogP contribution is 2.64. The van der Waals surface area contributed by atoms with E-state index in [1.807, 2.05) is 98.9 Å². The van der Waals surface area contributed by atoms with Crippen LogP contribution in [0.5, 0.6) is 0 Å². The van der Waals surface area contributed by atoms with Gasteiger partial charge in [-0.1, -0.05) is 97.1 Å². The van der Waals surface area contributed by atoms with Gasteiger partial charge in [-0.15, -0.1) is 0 Å². The zero-order valence-electron chi connectivity index (χ0n) is 18.8. The fourth-order valence-corrected chi connectivity index (χ4v) is 7.35. The lowest BCUT2D eigenvalue weighted by Gasteiger charge is -2.45. The first kappa shape index (κ1) is 21.9. The molecule has 166 valence electrons. The molecule has 0 aliphatic heterocycles. The lowest BCUT2D eigenvalue weighted by molar-refractivity contribution is 0.381. The summed E-state index contributed by atoms with van der Waals surface area (Å²) in [5.41, 5.74) is 3.27. The van der Waals surface area contributed by atoms with Gasteiger partial charge in [0.25, 0.3) is 0 Å². The molecule has 3 nitrogen and oxygen atoms in total. The van der Waals surface area contributed by atoms with Crippen LogP contribution in [0.1, 0.15) is 35.6 Å². The van der Waals surface area contributed by atoms with Crippen LogP contribution in [0.15, 0.2) is 103 Å². The number of rotatable bonds is 5. The smallest absolute Gasteiger partial charge is 0.239 e. The van der Waals surface area contributed by atoms with Gasteiger partial charge in [-0.25, -0.2) is 0 Å².